The lowest BCUT2D eigenvalue weighted by Crippen LogP contribution is -2.21. The molecule has 2 heterocycles. The van der Waals surface area contributed by atoms with Crippen molar-refractivity contribution < 1.29 is 9.21 Å². The first kappa shape index (κ1) is 11.3. The van der Waals surface area contributed by atoms with E-state index in [0.29, 0.717) is 5.76 Å². The van der Waals surface area contributed by atoms with Crippen molar-refractivity contribution in [2.24, 2.45) is 5.73 Å². The average molecular weight is 244 g/mol. The zero-order valence-corrected chi connectivity index (χ0v) is 10.2. The SMILES string of the molecule is NC(=O)c1oc2ccccc2c1CN1CCCC1. The summed E-state index contributed by atoms with van der Waals surface area (Å²) in [5, 5.41) is 0.998. The van der Waals surface area contributed by atoms with Crippen LogP contribution in [-0.4, -0.2) is 23.9 Å². The molecule has 2 aromatic rings. The van der Waals surface area contributed by atoms with E-state index in [2.05, 4.69) is 4.90 Å². The Morgan fingerprint density at radius 1 is 1.28 bits per heavy atom. The molecule has 1 saturated heterocycles. The Hall–Kier alpha value is -1.81. The molecule has 3 rings (SSSR count). The smallest absolute Gasteiger partial charge is 0.284 e. The Labute approximate surface area is 105 Å². The van der Waals surface area contributed by atoms with Crippen LogP contribution < -0.4 is 5.73 Å². The molecule has 0 unspecified atom stereocenters. The summed E-state index contributed by atoms with van der Waals surface area (Å²) in [4.78, 5) is 13.8. The Bertz CT molecular complexity index is 582. The van der Waals surface area contributed by atoms with Crippen molar-refractivity contribution in [1.82, 2.24) is 4.90 Å². The molecule has 4 heteroatoms. The first-order valence-electron chi connectivity index (χ1n) is 6.28. The van der Waals surface area contributed by atoms with Gasteiger partial charge in [0.2, 0.25) is 0 Å². The normalized spacial score (nSPS) is 16.4. The summed E-state index contributed by atoms with van der Waals surface area (Å²) < 4.78 is 5.57. The van der Waals surface area contributed by atoms with E-state index in [9.17, 15) is 4.79 Å². The van der Waals surface area contributed by atoms with Gasteiger partial charge < -0.3 is 10.2 Å². The fraction of sp³-hybridized carbons (Fsp3) is 0.357. The molecule has 1 amide bonds. The highest BCUT2D eigenvalue weighted by Gasteiger charge is 2.21. The Balaban J connectivity index is 2.05. The number of fused-ring (bicyclic) bond motifs is 1. The number of nitrogens with zero attached hydrogens (tertiary/aromatic N) is 1. The van der Waals surface area contributed by atoms with Crippen molar-refractivity contribution in [2.75, 3.05) is 13.1 Å². The summed E-state index contributed by atoms with van der Waals surface area (Å²) in [6, 6.07) is 7.71. The van der Waals surface area contributed by atoms with E-state index >= 15 is 0 Å². The van der Waals surface area contributed by atoms with E-state index in [4.69, 9.17) is 10.2 Å². The van der Waals surface area contributed by atoms with Crippen molar-refractivity contribution in [3.63, 3.8) is 0 Å². The molecule has 0 radical (unpaired) electrons. The molecule has 1 fully saturated rings. The lowest BCUT2D eigenvalue weighted by atomic mass is 10.1. The summed E-state index contributed by atoms with van der Waals surface area (Å²) in [5.74, 6) is -0.177. The van der Waals surface area contributed by atoms with E-state index in [0.717, 1.165) is 36.2 Å². The van der Waals surface area contributed by atoms with Crippen LogP contribution >= 0.6 is 0 Å². The second kappa shape index (κ2) is 4.46. The summed E-state index contributed by atoms with van der Waals surface area (Å²) in [5.41, 5.74) is 7.07. The van der Waals surface area contributed by atoms with Crippen molar-refractivity contribution in [1.29, 1.82) is 0 Å². The molecule has 2 N–H and O–H groups in total. The minimum Gasteiger partial charge on any atom is -0.451 e. The van der Waals surface area contributed by atoms with Crippen LogP contribution in [0.3, 0.4) is 0 Å². The van der Waals surface area contributed by atoms with Crippen LogP contribution in [0.5, 0.6) is 0 Å². The quantitative estimate of drug-likeness (QED) is 0.899. The maximum absolute atomic E-state index is 11.5. The molecule has 1 aromatic heterocycles. The zero-order chi connectivity index (χ0) is 12.5. The number of hydrogen-bond donors (Lipinski definition) is 1. The summed E-state index contributed by atoms with van der Waals surface area (Å²) >= 11 is 0. The number of carbonyl (C=O) groups is 1. The van der Waals surface area contributed by atoms with Crippen LogP contribution in [0.1, 0.15) is 29.0 Å². The summed E-state index contributed by atoms with van der Waals surface area (Å²) in [6.45, 7) is 2.91. The van der Waals surface area contributed by atoms with Crippen LogP contribution in [0.2, 0.25) is 0 Å². The molecule has 1 aliphatic rings. The van der Waals surface area contributed by atoms with Gasteiger partial charge >= 0.3 is 0 Å². The average Bonchev–Trinajstić information content (AvgIpc) is 2.98. The van der Waals surface area contributed by atoms with E-state index < -0.39 is 5.91 Å². The molecule has 1 aromatic carbocycles. The molecular formula is C14H16N2O2. The molecule has 18 heavy (non-hydrogen) atoms. The fourth-order valence-electron chi connectivity index (χ4n) is 2.62. The van der Waals surface area contributed by atoms with Gasteiger partial charge in [-0.25, -0.2) is 0 Å². The summed E-state index contributed by atoms with van der Waals surface area (Å²) in [7, 11) is 0. The molecule has 0 bridgehead atoms. The van der Waals surface area contributed by atoms with Gasteiger partial charge in [-0.2, -0.15) is 0 Å². The van der Waals surface area contributed by atoms with Gasteiger partial charge in [-0.1, -0.05) is 18.2 Å². The largest absolute Gasteiger partial charge is 0.451 e. The molecule has 94 valence electrons. The number of nitrogens with two attached hydrogens (primary N) is 1. The van der Waals surface area contributed by atoms with Gasteiger partial charge in [0.15, 0.2) is 5.76 Å². The Kier molecular flexibility index (Phi) is 2.80. The number of carbonyl (C=O) groups excluding carboxylic acids is 1. The van der Waals surface area contributed by atoms with Crippen molar-refractivity contribution in [2.45, 2.75) is 19.4 Å². The van der Waals surface area contributed by atoms with Crippen LogP contribution in [0.25, 0.3) is 11.0 Å². The maximum atomic E-state index is 11.5. The monoisotopic (exact) mass is 244 g/mol. The van der Waals surface area contributed by atoms with Gasteiger partial charge in [-0.3, -0.25) is 9.69 Å². The molecule has 1 aliphatic heterocycles. The molecule has 0 aliphatic carbocycles. The van der Waals surface area contributed by atoms with Gasteiger partial charge in [-0.15, -0.1) is 0 Å². The third-order valence-corrected chi connectivity index (χ3v) is 3.50. The number of likely N-dealkylation sites (tertiary alicyclic amines) is 1. The van der Waals surface area contributed by atoms with Gasteiger partial charge in [0.05, 0.1) is 0 Å². The Morgan fingerprint density at radius 2 is 2.00 bits per heavy atom. The minimum absolute atomic E-state index is 0.308. The van der Waals surface area contributed by atoms with Gasteiger partial charge in [0.25, 0.3) is 5.91 Å². The van der Waals surface area contributed by atoms with Crippen molar-refractivity contribution in [3.8, 4) is 0 Å². The molecule has 0 spiro atoms. The van der Waals surface area contributed by atoms with E-state index in [1.807, 2.05) is 24.3 Å². The number of rotatable bonds is 3. The number of furan rings is 1. The predicted molar refractivity (Wildman–Crippen MR) is 69.2 cm³/mol. The van der Waals surface area contributed by atoms with Gasteiger partial charge in [-0.05, 0) is 32.0 Å². The highest BCUT2D eigenvalue weighted by molar-refractivity contribution is 5.98. The number of amides is 1. The third-order valence-electron chi connectivity index (χ3n) is 3.50. The highest BCUT2D eigenvalue weighted by atomic mass is 16.3. The molecule has 0 saturated carbocycles. The van der Waals surface area contributed by atoms with Crippen molar-refractivity contribution in [3.05, 3.63) is 35.6 Å². The molecule has 0 atom stereocenters. The lowest BCUT2D eigenvalue weighted by molar-refractivity contribution is 0.0973. The van der Waals surface area contributed by atoms with Crippen molar-refractivity contribution >= 4 is 16.9 Å². The number of benzene rings is 1. The predicted octanol–water partition coefficient (Wildman–Crippen LogP) is 2.13. The van der Waals surface area contributed by atoms with Crippen LogP contribution in [0, 0.1) is 0 Å². The molecular weight excluding hydrogens is 228 g/mol. The lowest BCUT2D eigenvalue weighted by Gasteiger charge is -2.13. The minimum atomic E-state index is -0.486. The second-order valence-corrected chi connectivity index (χ2v) is 4.75. The van der Waals surface area contributed by atoms with Gasteiger partial charge in [0, 0.05) is 17.5 Å². The first-order valence-corrected chi connectivity index (χ1v) is 6.28. The van der Waals surface area contributed by atoms with Crippen LogP contribution in [-0.2, 0) is 6.54 Å². The van der Waals surface area contributed by atoms with E-state index in [-0.39, 0.29) is 0 Å². The molecule has 4 nitrogen and oxygen atoms in total. The summed E-state index contributed by atoms with van der Waals surface area (Å²) in [6.07, 6.45) is 2.45. The number of hydrogen-bond acceptors (Lipinski definition) is 3. The van der Waals surface area contributed by atoms with E-state index in [1.54, 1.807) is 0 Å². The van der Waals surface area contributed by atoms with Crippen LogP contribution in [0.4, 0.5) is 0 Å². The van der Waals surface area contributed by atoms with Gasteiger partial charge in [0.1, 0.15) is 5.58 Å². The standard InChI is InChI=1S/C14H16N2O2/c15-14(17)13-11(9-16-7-3-4-8-16)10-5-1-2-6-12(10)18-13/h1-2,5-6H,3-4,7-9H2,(H2,15,17). The fourth-order valence-corrected chi connectivity index (χ4v) is 2.62. The topological polar surface area (TPSA) is 59.5 Å². The Morgan fingerprint density at radius 3 is 2.72 bits per heavy atom. The highest BCUT2D eigenvalue weighted by Crippen LogP contribution is 2.27. The zero-order valence-electron chi connectivity index (χ0n) is 10.2. The number of primary amides is 1. The number of para-hydroxylation sites is 1. The van der Waals surface area contributed by atoms with Crippen LogP contribution in [0.15, 0.2) is 28.7 Å². The van der Waals surface area contributed by atoms with E-state index in [1.165, 1.54) is 12.8 Å². The first-order chi connectivity index (χ1) is 8.75. The third kappa shape index (κ3) is 1.88. The maximum Gasteiger partial charge on any atom is 0.284 e. The second-order valence-electron chi connectivity index (χ2n) is 4.75.